The van der Waals surface area contributed by atoms with E-state index in [0.29, 0.717) is 5.71 Å². The Morgan fingerprint density at radius 3 is 2.17 bits per heavy atom. The number of benzene rings is 2. The molecule has 0 unspecified atom stereocenters. The first kappa shape index (κ1) is 17.1. The van der Waals surface area contributed by atoms with Crippen molar-refractivity contribution >= 4 is 5.71 Å². The van der Waals surface area contributed by atoms with Crippen LogP contribution in [0.1, 0.15) is 50.2 Å². The largest absolute Gasteiger partial charge is 0.494 e. The van der Waals surface area contributed by atoms with Gasteiger partial charge in [-0.1, -0.05) is 68.1 Å². The van der Waals surface area contributed by atoms with Crippen LogP contribution in [0.2, 0.25) is 0 Å². The molecule has 0 bridgehead atoms. The Hall–Kier alpha value is -2.29. The van der Waals surface area contributed by atoms with Gasteiger partial charge in [0, 0.05) is 11.1 Å². The first-order chi connectivity index (χ1) is 11.3. The van der Waals surface area contributed by atoms with Gasteiger partial charge in [0.25, 0.3) is 0 Å². The standard InChI is InChI=1S/C20H25NO2/c1-2-3-4-5-9-16-23-19-14-12-18(13-15-19)20(21-22)17-10-7-6-8-11-17/h6-8,10-15,22H,2-5,9,16H2,1H3/b21-20-. The summed E-state index contributed by atoms with van der Waals surface area (Å²) in [6.45, 7) is 2.97. The monoisotopic (exact) mass is 311 g/mol. The predicted molar refractivity (Wildman–Crippen MR) is 94.6 cm³/mol. The lowest BCUT2D eigenvalue weighted by Crippen LogP contribution is -2.03. The topological polar surface area (TPSA) is 41.8 Å². The number of ether oxygens (including phenoxy) is 1. The molecule has 0 amide bonds. The minimum Gasteiger partial charge on any atom is -0.494 e. The molecule has 3 heteroatoms. The molecule has 0 aromatic heterocycles. The zero-order valence-electron chi connectivity index (χ0n) is 13.7. The summed E-state index contributed by atoms with van der Waals surface area (Å²) in [5, 5.41) is 12.7. The third-order valence-electron chi connectivity index (χ3n) is 3.79. The maximum absolute atomic E-state index is 9.30. The van der Waals surface area contributed by atoms with Crippen molar-refractivity contribution in [1.82, 2.24) is 0 Å². The van der Waals surface area contributed by atoms with Crippen molar-refractivity contribution < 1.29 is 9.94 Å². The van der Waals surface area contributed by atoms with Crippen LogP contribution in [-0.2, 0) is 0 Å². The Labute approximate surface area is 138 Å². The molecule has 0 aliphatic carbocycles. The van der Waals surface area contributed by atoms with Gasteiger partial charge in [-0.2, -0.15) is 0 Å². The molecule has 1 N–H and O–H groups in total. The van der Waals surface area contributed by atoms with Gasteiger partial charge in [0.1, 0.15) is 11.5 Å². The van der Waals surface area contributed by atoms with Crippen molar-refractivity contribution in [2.24, 2.45) is 5.16 Å². The van der Waals surface area contributed by atoms with Gasteiger partial charge < -0.3 is 9.94 Å². The summed E-state index contributed by atoms with van der Waals surface area (Å²) in [6, 6.07) is 17.3. The molecule has 0 saturated heterocycles. The van der Waals surface area contributed by atoms with Gasteiger partial charge in [-0.3, -0.25) is 0 Å². The third-order valence-corrected chi connectivity index (χ3v) is 3.79. The second kappa shape index (κ2) is 9.67. The molecule has 0 aliphatic heterocycles. The maximum Gasteiger partial charge on any atom is 0.119 e. The molecule has 23 heavy (non-hydrogen) atoms. The van der Waals surface area contributed by atoms with E-state index in [2.05, 4.69) is 12.1 Å². The maximum atomic E-state index is 9.30. The zero-order chi connectivity index (χ0) is 16.3. The fraction of sp³-hybridized carbons (Fsp3) is 0.350. The highest BCUT2D eigenvalue weighted by atomic mass is 16.5. The Balaban J connectivity index is 1.89. The normalized spacial score (nSPS) is 11.4. The molecular weight excluding hydrogens is 286 g/mol. The van der Waals surface area contributed by atoms with E-state index in [1.165, 1.54) is 25.7 Å². The molecule has 0 aliphatic rings. The Bertz CT molecular complexity index is 591. The number of hydrogen-bond donors (Lipinski definition) is 1. The molecule has 2 aromatic rings. The van der Waals surface area contributed by atoms with Gasteiger partial charge in [0.05, 0.1) is 6.61 Å². The Morgan fingerprint density at radius 2 is 1.52 bits per heavy atom. The van der Waals surface area contributed by atoms with Crippen molar-refractivity contribution in [3.63, 3.8) is 0 Å². The van der Waals surface area contributed by atoms with Crippen molar-refractivity contribution in [1.29, 1.82) is 0 Å². The lowest BCUT2D eigenvalue weighted by Gasteiger charge is -2.08. The number of nitrogens with zero attached hydrogens (tertiary/aromatic N) is 1. The molecule has 0 fully saturated rings. The molecule has 2 aromatic carbocycles. The van der Waals surface area contributed by atoms with E-state index in [9.17, 15) is 5.21 Å². The van der Waals surface area contributed by atoms with E-state index in [0.717, 1.165) is 29.9 Å². The lowest BCUT2D eigenvalue weighted by molar-refractivity contribution is 0.304. The summed E-state index contributed by atoms with van der Waals surface area (Å²) in [6.07, 6.45) is 6.17. The fourth-order valence-corrected chi connectivity index (χ4v) is 2.48. The summed E-state index contributed by atoms with van der Waals surface area (Å²) in [5.74, 6) is 0.856. The molecule has 0 atom stereocenters. The predicted octanol–water partition coefficient (Wildman–Crippen LogP) is 5.26. The average Bonchev–Trinajstić information content (AvgIpc) is 2.61. The first-order valence-electron chi connectivity index (χ1n) is 8.36. The Morgan fingerprint density at radius 1 is 0.870 bits per heavy atom. The molecular formula is C20H25NO2. The summed E-state index contributed by atoms with van der Waals surface area (Å²) in [4.78, 5) is 0. The summed E-state index contributed by atoms with van der Waals surface area (Å²) >= 11 is 0. The summed E-state index contributed by atoms with van der Waals surface area (Å²) in [7, 11) is 0. The molecule has 0 radical (unpaired) electrons. The van der Waals surface area contributed by atoms with Gasteiger partial charge in [-0.05, 0) is 30.7 Å². The van der Waals surface area contributed by atoms with Crippen molar-refractivity contribution in [3.8, 4) is 5.75 Å². The second-order valence-corrected chi connectivity index (χ2v) is 5.60. The molecule has 0 heterocycles. The van der Waals surface area contributed by atoms with Crippen LogP contribution in [-0.4, -0.2) is 17.5 Å². The number of unbranched alkanes of at least 4 members (excludes halogenated alkanes) is 4. The van der Waals surface area contributed by atoms with E-state index in [-0.39, 0.29) is 0 Å². The average molecular weight is 311 g/mol. The minimum absolute atomic E-state index is 0.566. The molecule has 2 rings (SSSR count). The second-order valence-electron chi connectivity index (χ2n) is 5.60. The van der Waals surface area contributed by atoms with Crippen molar-refractivity contribution in [2.45, 2.75) is 39.0 Å². The van der Waals surface area contributed by atoms with Gasteiger partial charge in [0.15, 0.2) is 0 Å². The van der Waals surface area contributed by atoms with E-state index >= 15 is 0 Å². The van der Waals surface area contributed by atoms with Crippen LogP contribution in [0.25, 0.3) is 0 Å². The quantitative estimate of drug-likeness (QED) is 0.297. The van der Waals surface area contributed by atoms with Crippen LogP contribution in [0.5, 0.6) is 5.75 Å². The van der Waals surface area contributed by atoms with E-state index in [1.807, 2.05) is 54.6 Å². The SMILES string of the molecule is CCCCCCCOc1ccc(/C(=N\O)c2ccccc2)cc1. The van der Waals surface area contributed by atoms with Crippen LogP contribution in [0, 0.1) is 0 Å². The van der Waals surface area contributed by atoms with Crippen LogP contribution >= 0.6 is 0 Å². The lowest BCUT2D eigenvalue weighted by atomic mass is 10.0. The minimum atomic E-state index is 0.566. The van der Waals surface area contributed by atoms with Gasteiger partial charge >= 0.3 is 0 Å². The molecule has 122 valence electrons. The van der Waals surface area contributed by atoms with Crippen LogP contribution in [0.3, 0.4) is 0 Å². The molecule has 0 spiro atoms. The van der Waals surface area contributed by atoms with Gasteiger partial charge in [0.2, 0.25) is 0 Å². The number of hydrogen-bond acceptors (Lipinski definition) is 3. The fourth-order valence-electron chi connectivity index (χ4n) is 2.48. The highest BCUT2D eigenvalue weighted by Gasteiger charge is 2.07. The molecule has 0 saturated carbocycles. The first-order valence-corrected chi connectivity index (χ1v) is 8.36. The van der Waals surface area contributed by atoms with E-state index in [1.54, 1.807) is 0 Å². The van der Waals surface area contributed by atoms with Crippen molar-refractivity contribution in [3.05, 3.63) is 65.7 Å². The van der Waals surface area contributed by atoms with E-state index < -0.39 is 0 Å². The number of rotatable bonds is 9. The molecule has 3 nitrogen and oxygen atoms in total. The van der Waals surface area contributed by atoms with Crippen LogP contribution in [0.4, 0.5) is 0 Å². The highest BCUT2D eigenvalue weighted by Crippen LogP contribution is 2.16. The number of oxime groups is 1. The van der Waals surface area contributed by atoms with Gasteiger partial charge in [-0.15, -0.1) is 0 Å². The highest BCUT2D eigenvalue weighted by molar-refractivity contribution is 6.12. The Kier molecular flexibility index (Phi) is 7.18. The van der Waals surface area contributed by atoms with Crippen LogP contribution < -0.4 is 4.74 Å². The summed E-state index contributed by atoms with van der Waals surface area (Å²) in [5.41, 5.74) is 2.32. The zero-order valence-corrected chi connectivity index (χ0v) is 13.7. The van der Waals surface area contributed by atoms with Gasteiger partial charge in [-0.25, -0.2) is 0 Å². The van der Waals surface area contributed by atoms with Crippen molar-refractivity contribution in [2.75, 3.05) is 6.61 Å². The van der Waals surface area contributed by atoms with Crippen LogP contribution in [0.15, 0.2) is 59.8 Å². The summed E-state index contributed by atoms with van der Waals surface area (Å²) < 4.78 is 5.76. The smallest absolute Gasteiger partial charge is 0.119 e. The third kappa shape index (κ3) is 5.44. The van der Waals surface area contributed by atoms with E-state index in [4.69, 9.17) is 4.74 Å².